The SMILES string of the molecule is CCc1ccccc1NC(=O)C/C(C)=N\NC(=O)c1cccc(Cl)c1. The molecule has 0 atom stereocenters. The second kappa shape index (κ2) is 8.99. The molecule has 2 N–H and O–H groups in total. The van der Waals surface area contributed by atoms with E-state index >= 15 is 0 Å². The Balaban J connectivity index is 1.92. The average Bonchev–Trinajstić information content (AvgIpc) is 2.60. The maximum atomic E-state index is 12.1. The Morgan fingerprint density at radius 2 is 1.88 bits per heavy atom. The van der Waals surface area contributed by atoms with Crippen molar-refractivity contribution in [2.24, 2.45) is 5.10 Å². The van der Waals surface area contributed by atoms with Crippen LogP contribution in [0.2, 0.25) is 5.02 Å². The molecule has 0 bridgehead atoms. The van der Waals surface area contributed by atoms with Gasteiger partial charge in [-0.15, -0.1) is 0 Å². The molecular weight excluding hydrogens is 338 g/mol. The van der Waals surface area contributed by atoms with E-state index in [0.717, 1.165) is 17.7 Å². The second-order valence-corrected chi connectivity index (χ2v) is 5.97. The van der Waals surface area contributed by atoms with Crippen LogP contribution < -0.4 is 10.7 Å². The van der Waals surface area contributed by atoms with Crippen LogP contribution in [0.25, 0.3) is 0 Å². The van der Waals surface area contributed by atoms with Crippen LogP contribution in [-0.4, -0.2) is 17.5 Å². The number of carbonyl (C=O) groups excluding carboxylic acids is 2. The molecule has 25 heavy (non-hydrogen) atoms. The number of hydrogen-bond donors (Lipinski definition) is 2. The minimum Gasteiger partial charge on any atom is -0.326 e. The van der Waals surface area contributed by atoms with Crippen LogP contribution in [0.1, 0.15) is 36.2 Å². The Hall–Kier alpha value is -2.66. The summed E-state index contributed by atoms with van der Waals surface area (Å²) in [7, 11) is 0. The third-order valence-corrected chi connectivity index (χ3v) is 3.76. The third kappa shape index (κ3) is 5.72. The van der Waals surface area contributed by atoms with E-state index in [1.807, 2.05) is 31.2 Å². The Bertz CT molecular complexity index is 803. The first-order chi connectivity index (χ1) is 12.0. The smallest absolute Gasteiger partial charge is 0.271 e. The van der Waals surface area contributed by atoms with Crippen molar-refractivity contribution in [1.82, 2.24) is 5.43 Å². The summed E-state index contributed by atoms with van der Waals surface area (Å²) in [5, 5.41) is 7.31. The van der Waals surface area contributed by atoms with Crippen molar-refractivity contribution in [3.63, 3.8) is 0 Å². The van der Waals surface area contributed by atoms with Gasteiger partial charge >= 0.3 is 0 Å². The van der Waals surface area contributed by atoms with E-state index in [1.165, 1.54) is 0 Å². The average molecular weight is 358 g/mol. The lowest BCUT2D eigenvalue weighted by atomic mass is 10.1. The number of nitrogens with zero attached hydrogens (tertiary/aromatic N) is 1. The number of para-hydroxylation sites is 1. The monoisotopic (exact) mass is 357 g/mol. The van der Waals surface area contributed by atoms with Crippen molar-refractivity contribution in [3.05, 3.63) is 64.7 Å². The van der Waals surface area contributed by atoms with Crippen molar-refractivity contribution < 1.29 is 9.59 Å². The van der Waals surface area contributed by atoms with Crippen molar-refractivity contribution in [2.45, 2.75) is 26.7 Å². The molecule has 2 aromatic carbocycles. The van der Waals surface area contributed by atoms with Gasteiger partial charge in [-0.1, -0.05) is 42.8 Å². The third-order valence-electron chi connectivity index (χ3n) is 3.52. The number of hydrazone groups is 1. The molecule has 6 heteroatoms. The molecule has 0 spiro atoms. The molecule has 2 rings (SSSR count). The number of anilines is 1. The molecule has 0 fully saturated rings. The highest BCUT2D eigenvalue weighted by Crippen LogP contribution is 2.15. The summed E-state index contributed by atoms with van der Waals surface area (Å²) in [6, 6.07) is 14.2. The molecule has 2 amide bonds. The number of halogens is 1. The summed E-state index contributed by atoms with van der Waals surface area (Å²) in [6.07, 6.45) is 0.924. The summed E-state index contributed by atoms with van der Waals surface area (Å²) in [4.78, 5) is 24.1. The Labute approximate surface area is 152 Å². The predicted octanol–water partition coefficient (Wildman–Crippen LogP) is 4.04. The number of aryl methyl sites for hydroxylation is 1. The summed E-state index contributed by atoms with van der Waals surface area (Å²) >= 11 is 5.85. The van der Waals surface area contributed by atoms with Gasteiger partial charge in [-0.05, 0) is 43.2 Å². The topological polar surface area (TPSA) is 70.6 Å². The first kappa shape index (κ1) is 18.7. The van der Waals surface area contributed by atoms with E-state index in [4.69, 9.17) is 11.6 Å². The molecule has 2 aromatic rings. The minimum atomic E-state index is -0.376. The number of nitrogens with one attached hydrogen (secondary N) is 2. The maximum Gasteiger partial charge on any atom is 0.271 e. The van der Waals surface area contributed by atoms with Crippen molar-refractivity contribution in [2.75, 3.05) is 5.32 Å². The van der Waals surface area contributed by atoms with Crippen LogP contribution >= 0.6 is 11.6 Å². The molecule has 0 aliphatic rings. The highest BCUT2D eigenvalue weighted by molar-refractivity contribution is 6.30. The molecule has 0 aromatic heterocycles. The molecule has 0 saturated heterocycles. The molecule has 0 unspecified atom stereocenters. The van der Waals surface area contributed by atoms with Crippen LogP contribution in [0, 0.1) is 0 Å². The lowest BCUT2D eigenvalue weighted by Crippen LogP contribution is -2.21. The van der Waals surface area contributed by atoms with Gasteiger partial charge in [0.05, 0.1) is 6.42 Å². The molecule has 130 valence electrons. The minimum absolute atomic E-state index is 0.0911. The lowest BCUT2D eigenvalue weighted by Gasteiger charge is -2.09. The molecule has 0 radical (unpaired) electrons. The number of benzene rings is 2. The van der Waals surface area contributed by atoms with Crippen LogP contribution in [-0.2, 0) is 11.2 Å². The predicted molar refractivity (Wildman–Crippen MR) is 101 cm³/mol. The molecule has 5 nitrogen and oxygen atoms in total. The zero-order valence-electron chi connectivity index (χ0n) is 14.2. The van der Waals surface area contributed by atoms with Gasteiger partial charge in [0.1, 0.15) is 0 Å². The van der Waals surface area contributed by atoms with Gasteiger partial charge in [0, 0.05) is 22.0 Å². The number of hydrogen-bond acceptors (Lipinski definition) is 3. The van der Waals surface area contributed by atoms with Crippen LogP contribution in [0.5, 0.6) is 0 Å². The normalized spacial score (nSPS) is 11.1. The first-order valence-corrected chi connectivity index (χ1v) is 8.34. The summed E-state index contributed by atoms with van der Waals surface area (Å²) in [5.74, 6) is -0.558. The van der Waals surface area contributed by atoms with Gasteiger partial charge < -0.3 is 5.32 Å². The van der Waals surface area contributed by atoms with Gasteiger partial charge in [-0.25, -0.2) is 5.43 Å². The fourth-order valence-electron chi connectivity index (χ4n) is 2.26. The molecule has 0 aliphatic carbocycles. The molecule has 0 aliphatic heterocycles. The highest BCUT2D eigenvalue weighted by Gasteiger charge is 2.09. The summed E-state index contributed by atoms with van der Waals surface area (Å²) in [5.41, 5.74) is 5.20. The standard InChI is InChI=1S/C19H20ClN3O2/c1-3-14-7-4-5-10-17(14)21-18(24)11-13(2)22-23-19(25)15-8-6-9-16(20)12-15/h4-10,12H,3,11H2,1-2H3,(H,21,24)(H,23,25)/b22-13-. The number of amides is 2. The van der Waals surface area contributed by atoms with Gasteiger partial charge in [0.2, 0.25) is 5.91 Å². The summed E-state index contributed by atoms with van der Waals surface area (Å²) in [6.45, 7) is 3.71. The fraction of sp³-hybridized carbons (Fsp3) is 0.211. The van der Waals surface area contributed by atoms with Gasteiger partial charge in [-0.3, -0.25) is 9.59 Å². The van der Waals surface area contributed by atoms with E-state index in [9.17, 15) is 9.59 Å². The van der Waals surface area contributed by atoms with E-state index in [-0.39, 0.29) is 18.2 Å². The lowest BCUT2D eigenvalue weighted by molar-refractivity contribution is -0.115. The van der Waals surface area contributed by atoms with Crippen LogP contribution in [0.3, 0.4) is 0 Å². The van der Waals surface area contributed by atoms with Crippen LogP contribution in [0.15, 0.2) is 53.6 Å². The molecule has 0 heterocycles. The van der Waals surface area contributed by atoms with Gasteiger partial charge in [0.15, 0.2) is 0 Å². The number of carbonyl (C=O) groups is 2. The quantitative estimate of drug-likeness (QED) is 0.605. The Morgan fingerprint density at radius 3 is 2.60 bits per heavy atom. The largest absolute Gasteiger partial charge is 0.326 e. The van der Waals surface area contributed by atoms with Gasteiger partial charge in [0.25, 0.3) is 5.91 Å². The van der Waals surface area contributed by atoms with Crippen molar-refractivity contribution in [3.8, 4) is 0 Å². The van der Waals surface area contributed by atoms with Crippen LogP contribution in [0.4, 0.5) is 5.69 Å². The van der Waals surface area contributed by atoms with Crippen molar-refractivity contribution >= 4 is 34.8 Å². The molecule has 0 saturated carbocycles. The first-order valence-electron chi connectivity index (χ1n) is 7.96. The zero-order valence-corrected chi connectivity index (χ0v) is 14.9. The molecular formula is C19H20ClN3O2. The fourth-order valence-corrected chi connectivity index (χ4v) is 2.45. The van der Waals surface area contributed by atoms with Gasteiger partial charge in [-0.2, -0.15) is 5.10 Å². The highest BCUT2D eigenvalue weighted by atomic mass is 35.5. The Morgan fingerprint density at radius 1 is 1.12 bits per heavy atom. The second-order valence-electron chi connectivity index (χ2n) is 5.53. The summed E-state index contributed by atoms with van der Waals surface area (Å²) < 4.78 is 0. The van der Waals surface area contributed by atoms with E-state index < -0.39 is 0 Å². The zero-order chi connectivity index (χ0) is 18.2. The van der Waals surface area contributed by atoms with Crippen molar-refractivity contribution in [1.29, 1.82) is 0 Å². The van der Waals surface area contributed by atoms with E-state index in [0.29, 0.717) is 16.3 Å². The maximum absolute atomic E-state index is 12.1. The number of rotatable bonds is 6. The van der Waals surface area contributed by atoms with E-state index in [2.05, 4.69) is 15.8 Å². The Kier molecular flexibility index (Phi) is 6.71. The van der Waals surface area contributed by atoms with E-state index in [1.54, 1.807) is 31.2 Å².